The Bertz CT molecular complexity index is 519. The van der Waals surface area contributed by atoms with Crippen molar-refractivity contribution >= 4 is 23.5 Å². The molecule has 1 aromatic rings. The van der Waals surface area contributed by atoms with E-state index in [0.29, 0.717) is 23.8 Å². The van der Waals surface area contributed by atoms with Gasteiger partial charge in [0.05, 0.1) is 5.02 Å². The molecule has 1 aromatic heterocycles. The molecule has 0 saturated carbocycles. The Morgan fingerprint density at radius 2 is 2.05 bits per heavy atom. The Morgan fingerprint density at radius 3 is 2.62 bits per heavy atom. The Labute approximate surface area is 129 Å². The minimum absolute atomic E-state index is 0.0101. The predicted molar refractivity (Wildman–Crippen MR) is 80.6 cm³/mol. The van der Waals surface area contributed by atoms with Crippen molar-refractivity contribution in [3.8, 4) is 0 Å². The Kier molecular flexibility index (Phi) is 5.28. The van der Waals surface area contributed by atoms with E-state index in [-0.39, 0.29) is 18.2 Å². The third-order valence-corrected chi connectivity index (χ3v) is 4.12. The van der Waals surface area contributed by atoms with Crippen LogP contribution in [-0.2, 0) is 11.3 Å². The fourth-order valence-electron chi connectivity index (χ4n) is 2.83. The van der Waals surface area contributed by atoms with E-state index in [0.717, 1.165) is 25.8 Å². The lowest BCUT2D eigenvalue weighted by atomic mass is 9.93. The molecule has 1 aliphatic heterocycles. The summed E-state index contributed by atoms with van der Waals surface area (Å²) in [5, 5.41) is 9.39. The summed E-state index contributed by atoms with van der Waals surface area (Å²) in [6.07, 6.45) is 4.42. The van der Waals surface area contributed by atoms with Crippen LogP contribution in [0.25, 0.3) is 0 Å². The zero-order valence-corrected chi connectivity index (χ0v) is 13.0. The van der Waals surface area contributed by atoms with Gasteiger partial charge in [-0.3, -0.25) is 9.59 Å². The van der Waals surface area contributed by atoms with Crippen molar-refractivity contribution in [1.29, 1.82) is 0 Å². The van der Waals surface area contributed by atoms with E-state index in [2.05, 4.69) is 6.92 Å². The maximum Gasteiger partial charge on any atom is 0.303 e. The second-order valence-electron chi connectivity index (χ2n) is 5.57. The van der Waals surface area contributed by atoms with Crippen LogP contribution in [0.5, 0.6) is 0 Å². The number of likely N-dealkylation sites (tertiary alicyclic amines) is 1. The van der Waals surface area contributed by atoms with Gasteiger partial charge in [-0.25, -0.2) is 0 Å². The molecule has 1 fully saturated rings. The van der Waals surface area contributed by atoms with E-state index in [4.69, 9.17) is 16.7 Å². The minimum Gasteiger partial charge on any atom is -0.481 e. The van der Waals surface area contributed by atoms with Crippen molar-refractivity contribution in [2.75, 3.05) is 13.1 Å². The van der Waals surface area contributed by atoms with Gasteiger partial charge < -0.3 is 14.6 Å². The number of nitrogens with zero attached hydrogens (tertiary/aromatic N) is 2. The van der Waals surface area contributed by atoms with Crippen LogP contribution in [0.4, 0.5) is 0 Å². The summed E-state index contributed by atoms with van der Waals surface area (Å²) in [6.45, 7) is 4.06. The zero-order chi connectivity index (χ0) is 15.4. The number of hydrogen-bond donors (Lipinski definition) is 1. The molecule has 5 nitrogen and oxygen atoms in total. The molecule has 0 aliphatic carbocycles. The normalized spacial score (nSPS) is 16.2. The molecule has 21 heavy (non-hydrogen) atoms. The molecule has 2 rings (SSSR count). The molecule has 0 atom stereocenters. The van der Waals surface area contributed by atoms with Crippen molar-refractivity contribution < 1.29 is 14.7 Å². The Hall–Kier alpha value is -1.49. The maximum absolute atomic E-state index is 12.6. The van der Waals surface area contributed by atoms with Crippen molar-refractivity contribution in [2.24, 2.45) is 5.92 Å². The number of carboxylic acid groups (broad SMARTS) is 1. The van der Waals surface area contributed by atoms with Crippen LogP contribution in [0.15, 0.2) is 12.3 Å². The van der Waals surface area contributed by atoms with E-state index in [9.17, 15) is 9.59 Å². The molecule has 0 unspecified atom stereocenters. The van der Waals surface area contributed by atoms with Gasteiger partial charge in [-0.05, 0) is 31.2 Å². The molecule has 1 aliphatic rings. The SMILES string of the molecule is CCCn1cc(Cl)cc1C(=O)N1CCC(CC(=O)O)CC1. The van der Waals surface area contributed by atoms with E-state index in [1.54, 1.807) is 17.2 Å². The highest BCUT2D eigenvalue weighted by Gasteiger charge is 2.26. The second-order valence-corrected chi connectivity index (χ2v) is 6.01. The van der Waals surface area contributed by atoms with Gasteiger partial charge in [0.1, 0.15) is 5.69 Å². The average Bonchev–Trinajstić information content (AvgIpc) is 2.79. The number of aromatic nitrogens is 1. The van der Waals surface area contributed by atoms with Crippen LogP contribution in [0.2, 0.25) is 5.02 Å². The lowest BCUT2D eigenvalue weighted by Crippen LogP contribution is -2.39. The van der Waals surface area contributed by atoms with Gasteiger partial charge in [0.25, 0.3) is 5.91 Å². The minimum atomic E-state index is -0.761. The van der Waals surface area contributed by atoms with Gasteiger partial charge in [0.15, 0.2) is 0 Å². The number of hydrogen-bond acceptors (Lipinski definition) is 2. The molecule has 2 heterocycles. The highest BCUT2D eigenvalue weighted by Crippen LogP contribution is 2.23. The molecule has 0 spiro atoms. The van der Waals surface area contributed by atoms with Crippen LogP contribution >= 0.6 is 11.6 Å². The van der Waals surface area contributed by atoms with Gasteiger partial charge in [-0.1, -0.05) is 18.5 Å². The fourth-order valence-corrected chi connectivity index (χ4v) is 3.05. The summed E-state index contributed by atoms with van der Waals surface area (Å²) in [5.41, 5.74) is 0.624. The quantitative estimate of drug-likeness (QED) is 0.909. The maximum atomic E-state index is 12.6. The third-order valence-electron chi connectivity index (χ3n) is 3.91. The summed E-state index contributed by atoms with van der Waals surface area (Å²) >= 11 is 6.01. The molecular formula is C15H21ClN2O3. The van der Waals surface area contributed by atoms with Gasteiger partial charge in [-0.15, -0.1) is 0 Å². The molecule has 1 saturated heterocycles. The highest BCUT2D eigenvalue weighted by atomic mass is 35.5. The summed E-state index contributed by atoms with van der Waals surface area (Å²) in [4.78, 5) is 25.1. The first-order chi connectivity index (χ1) is 10.0. The first-order valence-corrected chi connectivity index (χ1v) is 7.75. The van der Waals surface area contributed by atoms with Gasteiger partial charge in [0.2, 0.25) is 0 Å². The molecule has 0 bridgehead atoms. The number of amides is 1. The van der Waals surface area contributed by atoms with Crippen molar-refractivity contribution in [1.82, 2.24) is 9.47 Å². The number of carbonyl (C=O) groups is 2. The number of aliphatic carboxylic acids is 1. The van der Waals surface area contributed by atoms with Crippen molar-refractivity contribution in [3.63, 3.8) is 0 Å². The van der Waals surface area contributed by atoms with E-state index < -0.39 is 5.97 Å². The molecular weight excluding hydrogens is 292 g/mol. The van der Waals surface area contributed by atoms with Crippen LogP contribution < -0.4 is 0 Å². The molecule has 0 aromatic carbocycles. The van der Waals surface area contributed by atoms with Crippen LogP contribution in [0, 0.1) is 5.92 Å². The number of piperidine rings is 1. The Morgan fingerprint density at radius 1 is 1.38 bits per heavy atom. The smallest absolute Gasteiger partial charge is 0.303 e. The number of carbonyl (C=O) groups excluding carboxylic acids is 1. The predicted octanol–water partition coefficient (Wildman–Crippen LogP) is 2.88. The van der Waals surface area contributed by atoms with Gasteiger partial charge in [0, 0.05) is 32.3 Å². The molecule has 1 amide bonds. The molecule has 6 heteroatoms. The summed E-state index contributed by atoms with van der Waals surface area (Å²) < 4.78 is 1.90. The van der Waals surface area contributed by atoms with Crippen LogP contribution in [0.1, 0.15) is 43.1 Å². The summed E-state index contributed by atoms with van der Waals surface area (Å²) in [6, 6.07) is 1.71. The Balaban J connectivity index is 2.00. The largest absolute Gasteiger partial charge is 0.481 e. The average molecular weight is 313 g/mol. The summed E-state index contributed by atoms with van der Waals surface area (Å²) in [5.74, 6) is -0.593. The number of halogens is 1. The second kappa shape index (κ2) is 6.98. The van der Waals surface area contributed by atoms with E-state index in [1.807, 2.05) is 4.57 Å². The number of rotatable bonds is 5. The topological polar surface area (TPSA) is 62.5 Å². The first kappa shape index (κ1) is 15.9. The molecule has 0 radical (unpaired) electrons. The molecule has 1 N–H and O–H groups in total. The lowest BCUT2D eigenvalue weighted by molar-refractivity contribution is -0.138. The van der Waals surface area contributed by atoms with E-state index >= 15 is 0 Å². The fraction of sp³-hybridized carbons (Fsp3) is 0.600. The van der Waals surface area contributed by atoms with Crippen LogP contribution in [-0.4, -0.2) is 39.5 Å². The number of carboxylic acids is 1. The zero-order valence-electron chi connectivity index (χ0n) is 12.2. The lowest BCUT2D eigenvalue weighted by Gasteiger charge is -2.31. The van der Waals surface area contributed by atoms with Gasteiger partial charge >= 0.3 is 5.97 Å². The molecule has 116 valence electrons. The highest BCUT2D eigenvalue weighted by molar-refractivity contribution is 6.31. The van der Waals surface area contributed by atoms with E-state index in [1.165, 1.54) is 0 Å². The van der Waals surface area contributed by atoms with Crippen LogP contribution in [0.3, 0.4) is 0 Å². The van der Waals surface area contributed by atoms with Gasteiger partial charge in [-0.2, -0.15) is 0 Å². The van der Waals surface area contributed by atoms with Crippen molar-refractivity contribution in [2.45, 2.75) is 39.2 Å². The standard InChI is InChI=1S/C15H21ClN2O3/c1-2-5-18-10-12(16)9-13(18)15(21)17-6-3-11(4-7-17)8-14(19)20/h9-11H,2-8H2,1H3,(H,19,20). The summed E-state index contributed by atoms with van der Waals surface area (Å²) in [7, 11) is 0. The first-order valence-electron chi connectivity index (χ1n) is 7.38. The number of aryl methyl sites for hydroxylation is 1. The monoisotopic (exact) mass is 312 g/mol. The van der Waals surface area contributed by atoms with Crippen molar-refractivity contribution in [3.05, 3.63) is 23.0 Å². The third kappa shape index (κ3) is 4.00.